The summed E-state index contributed by atoms with van der Waals surface area (Å²) in [5, 5.41) is 0. The molecule has 0 bridgehead atoms. The van der Waals surface area contributed by atoms with E-state index in [2.05, 4.69) is 4.72 Å². The standard InChI is InChI=1S/C16H20N2O2S/c1-4-13-7-8-14(10-15(13)17)18-21(19,20)16-9-11(2)5-6-12(16)3/h5-10,18H,4,17H2,1-3H3. The number of nitrogens with one attached hydrogen (secondary N) is 1. The Morgan fingerprint density at radius 2 is 1.81 bits per heavy atom. The molecule has 0 aliphatic carbocycles. The monoisotopic (exact) mass is 304 g/mol. The maximum atomic E-state index is 12.5. The maximum absolute atomic E-state index is 12.5. The van der Waals surface area contributed by atoms with Gasteiger partial charge in [0.25, 0.3) is 10.0 Å². The van der Waals surface area contributed by atoms with Crippen LogP contribution in [-0.2, 0) is 16.4 Å². The summed E-state index contributed by atoms with van der Waals surface area (Å²) in [4.78, 5) is 0.292. The van der Waals surface area contributed by atoms with Gasteiger partial charge in [0, 0.05) is 5.69 Å². The number of sulfonamides is 1. The molecule has 0 aliphatic rings. The molecule has 2 aromatic carbocycles. The van der Waals surface area contributed by atoms with Gasteiger partial charge in [0.15, 0.2) is 0 Å². The number of hydrogen-bond acceptors (Lipinski definition) is 3. The van der Waals surface area contributed by atoms with E-state index in [1.165, 1.54) is 0 Å². The highest BCUT2D eigenvalue weighted by Crippen LogP contribution is 2.23. The van der Waals surface area contributed by atoms with E-state index < -0.39 is 10.0 Å². The molecule has 0 heterocycles. The number of aryl methyl sites for hydroxylation is 3. The van der Waals surface area contributed by atoms with Gasteiger partial charge in [0.2, 0.25) is 0 Å². The minimum atomic E-state index is -3.61. The van der Waals surface area contributed by atoms with E-state index in [9.17, 15) is 8.42 Å². The Labute approximate surface area is 126 Å². The van der Waals surface area contributed by atoms with Crippen molar-refractivity contribution in [2.24, 2.45) is 0 Å². The zero-order valence-electron chi connectivity index (χ0n) is 12.5. The van der Waals surface area contributed by atoms with Crippen LogP contribution in [0.3, 0.4) is 0 Å². The molecular weight excluding hydrogens is 284 g/mol. The molecule has 3 N–H and O–H groups in total. The van der Waals surface area contributed by atoms with Crippen molar-refractivity contribution in [3.8, 4) is 0 Å². The van der Waals surface area contributed by atoms with Gasteiger partial charge >= 0.3 is 0 Å². The van der Waals surface area contributed by atoms with E-state index >= 15 is 0 Å². The molecule has 0 amide bonds. The second kappa shape index (κ2) is 5.77. The third-order valence-corrected chi connectivity index (χ3v) is 4.94. The average Bonchev–Trinajstić information content (AvgIpc) is 2.41. The van der Waals surface area contributed by atoms with Crippen LogP contribution >= 0.6 is 0 Å². The fraction of sp³-hybridized carbons (Fsp3) is 0.250. The van der Waals surface area contributed by atoms with Crippen molar-refractivity contribution >= 4 is 21.4 Å². The van der Waals surface area contributed by atoms with Gasteiger partial charge in [0.05, 0.1) is 10.6 Å². The lowest BCUT2D eigenvalue weighted by Gasteiger charge is -2.12. The molecule has 0 atom stereocenters. The molecule has 4 nitrogen and oxygen atoms in total. The zero-order valence-corrected chi connectivity index (χ0v) is 13.3. The Balaban J connectivity index is 2.37. The van der Waals surface area contributed by atoms with Crippen LogP contribution in [-0.4, -0.2) is 8.42 Å². The second-order valence-electron chi connectivity index (χ2n) is 5.14. The van der Waals surface area contributed by atoms with E-state index in [1.54, 1.807) is 31.2 Å². The first-order valence-corrected chi connectivity index (χ1v) is 8.30. The Morgan fingerprint density at radius 1 is 1.10 bits per heavy atom. The van der Waals surface area contributed by atoms with Gasteiger partial charge in [-0.3, -0.25) is 4.72 Å². The first kappa shape index (κ1) is 15.4. The highest BCUT2D eigenvalue weighted by Gasteiger charge is 2.17. The summed E-state index contributed by atoms with van der Waals surface area (Å²) < 4.78 is 27.6. The summed E-state index contributed by atoms with van der Waals surface area (Å²) >= 11 is 0. The lowest BCUT2D eigenvalue weighted by atomic mass is 10.1. The smallest absolute Gasteiger partial charge is 0.262 e. The molecule has 5 heteroatoms. The van der Waals surface area contributed by atoms with Crippen molar-refractivity contribution in [2.45, 2.75) is 32.1 Å². The van der Waals surface area contributed by atoms with Crippen molar-refractivity contribution in [1.82, 2.24) is 0 Å². The Bertz CT molecular complexity index is 768. The fourth-order valence-corrected chi connectivity index (χ4v) is 3.57. The first-order valence-electron chi connectivity index (χ1n) is 6.82. The van der Waals surface area contributed by atoms with E-state index in [4.69, 9.17) is 5.73 Å². The van der Waals surface area contributed by atoms with Crippen molar-refractivity contribution in [3.05, 3.63) is 53.1 Å². The molecule has 0 radical (unpaired) electrons. The average molecular weight is 304 g/mol. The van der Waals surface area contributed by atoms with Gasteiger partial charge in [-0.15, -0.1) is 0 Å². The van der Waals surface area contributed by atoms with Crippen molar-refractivity contribution < 1.29 is 8.42 Å². The third-order valence-electron chi connectivity index (χ3n) is 3.41. The predicted octanol–water partition coefficient (Wildman–Crippen LogP) is 3.25. The largest absolute Gasteiger partial charge is 0.398 e. The van der Waals surface area contributed by atoms with Gasteiger partial charge in [0.1, 0.15) is 0 Å². The van der Waals surface area contributed by atoms with Gasteiger partial charge in [-0.05, 0) is 55.2 Å². The van der Waals surface area contributed by atoms with Crippen LogP contribution in [0, 0.1) is 13.8 Å². The van der Waals surface area contributed by atoms with Crippen LogP contribution < -0.4 is 10.5 Å². The number of hydrogen-bond donors (Lipinski definition) is 2. The molecule has 21 heavy (non-hydrogen) atoms. The topological polar surface area (TPSA) is 72.2 Å². The molecule has 2 aromatic rings. The number of anilines is 2. The quantitative estimate of drug-likeness (QED) is 0.852. The van der Waals surface area contributed by atoms with E-state index in [-0.39, 0.29) is 0 Å². The van der Waals surface area contributed by atoms with E-state index in [1.807, 2.05) is 26.0 Å². The molecule has 0 aliphatic heterocycles. The molecular formula is C16H20N2O2S. The zero-order chi connectivity index (χ0) is 15.6. The summed E-state index contributed by atoms with van der Waals surface area (Å²) in [6.07, 6.45) is 0.815. The molecule has 2 rings (SSSR count). The van der Waals surface area contributed by atoms with Crippen molar-refractivity contribution in [1.29, 1.82) is 0 Å². The lowest BCUT2D eigenvalue weighted by Crippen LogP contribution is -2.14. The van der Waals surface area contributed by atoms with Gasteiger partial charge in [-0.1, -0.05) is 25.1 Å². The summed E-state index contributed by atoms with van der Waals surface area (Å²) in [6, 6.07) is 10.6. The minimum Gasteiger partial charge on any atom is -0.398 e. The normalized spacial score (nSPS) is 11.4. The maximum Gasteiger partial charge on any atom is 0.262 e. The summed E-state index contributed by atoms with van der Waals surface area (Å²) in [7, 11) is -3.61. The van der Waals surface area contributed by atoms with Crippen LogP contribution in [0.5, 0.6) is 0 Å². The SMILES string of the molecule is CCc1ccc(NS(=O)(=O)c2cc(C)ccc2C)cc1N. The van der Waals surface area contributed by atoms with Crippen LogP contribution in [0.4, 0.5) is 11.4 Å². The second-order valence-corrected chi connectivity index (χ2v) is 6.79. The van der Waals surface area contributed by atoms with Crippen LogP contribution in [0.25, 0.3) is 0 Å². The first-order chi connectivity index (χ1) is 9.83. The highest BCUT2D eigenvalue weighted by atomic mass is 32.2. The van der Waals surface area contributed by atoms with Crippen LogP contribution in [0.15, 0.2) is 41.3 Å². The lowest BCUT2D eigenvalue weighted by molar-refractivity contribution is 0.600. The van der Waals surface area contributed by atoms with Crippen molar-refractivity contribution in [3.63, 3.8) is 0 Å². The summed E-state index contributed by atoms with van der Waals surface area (Å²) in [5.41, 5.74) is 9.60. The third kappa shape index (κ3) is 3.36. The van der Waals surface area contributed by atoms with E-state index in [0.29, 0.717) is 21.8 Å². The Hall–Kier alpha value is -2.01. The number of benzene rings is 2. The van der Waals surface area contributed by atoms with E-state index in [0.717, 1.165) is 17.5 Å². The molecule has 0 spiro atoms. The summed E-state index contributed by atoms with van der Waals surface area (Å²) in [5.74, 6) is 0. The van der Waals surface area contributed by atoms with Gasteiger partial charge < -0.3 is 5.73 Å². The molecule has 0 unspecified atom stereocenters. The van der Waals surface area contributed by atoms with Crippen LogP contribution in [0.1, 0.15) is 23.6 Å². The highest BCUT2D eigenvalue weighted by molar-refractivity contribution is 7.92. The molecule has 0 fully saturated rings. The Morgan fingerprint density at radius 3 is 2.43 bits per heavy atom. The summed E-state index contributed by atoms with van der Waals surface area (Å²) in [6.45, 7) is 5.65. The predicted molar refractivity (Wildman–Crippen MR) is 87.0 cm³/mol. The number of rotatable bonds is 4. The molecule has 0 saturated carbocycles. The molecule has 112 valence electrons. The van der Waals surface area contributed by atoms with Crippen molar-refractivity contribution in [2.75, 3.05) is 10.5 Å². The Kier molecular flexibility index (Phi) is 4.23. The molecule has 0 aromatic heterocycles. The molecule has 0 saturated heterocycles. The minimum absolute atomic E-state index is 0.292. The number of nitrogen functional groups attached to an aromatic ring is 1. The fourth-order valence-electron chi connectivity index (χ4n) is 2.19. The van der Waals surface area contributed by atoms with Gasteiger partial charge in [-0.25, -0.2) is 8.42 Å². The number of nitrogens with two attached hydrogens (primary N) is 1. The van der Waals surface area contributed by atoms with Crippen LogP contribution in [0.2, 0.25) is 0 Å². The van der Waals surface area contributed by atoms with Gasteiger partial charge in [-0.2, -0.15) is 0 Å².